The number of hydroxylamine groups is 1. The zero-order valence-electron chi connectivity index (χ0n) is 20.9. The molecule has 2 atom stereocenters. The third-order valence-corrected chi connectivity index (χ3v) is 6.19. The maximum Gasteiger partial charge on any atom is 0.268 e. The second-order valence-electron chi connectivity index (χ2n) is 9.07. The largest absolute Gasteiger partial charge is 0.391 e. The molecule has 38 heavy (non-hydrogen) atoms. The third kappa shape index (κ3) is 8.14. The lowest BCUT2D eigenvalue weighted by molar-refractivity contribution is -0.133. The Kier molecular flexibility index (Phi) is 9.95. The van der Waals surface area contributed by atoms with Crippen LogP contribution in [0.5, 0.6) is 0 Å². The molecule has 1 aliphatic rings. The van der Waals surface area contributed by atoms with Crippen molar-refractivity contribution in [2.75, 3.05) is 25.0 Å². The van der Waals surface area contributed by atoms with Crippen molar-refractivity contribution in [1.29, 1.82) is 0 Å². The molecule has 0 aliphatic carbocycles. The summed E-state index contributed by atoms with van der Waals surface area (Å²) in [6.07, 6.45) is 0.125. The number of aliphatic hydroxyl groups is 1. The highest BCUT2D eigenvalue weighted by Crippen LogP contribution is 2.17. The highest BCUT2D eigenvalue weighted by Gasteiger charge is 2.26. The Morgan fingerprint density at radius 1 is 1.00 bits per heavy atom. The van der Waals surface area contributed by atoms with Crippen LogP contribution in [0.25, 0.3) is 0 Å². The van der Waals surface area contributed by atoms with Crippen molar-refractivity contribution in [1.82, 2.24) is 15.7 Å². The molecule has 200 valence electrons. The van der Waals surface area contributed by atoms with E-state index in [1.807, 2.05) is 4.90 Å². The number of aliphatic hydroxyl groups excluding tert-OH is 1. The van der Waals surface area contributed by atoms with Gasteiger partial charge in [0.2, 0.25) is 11.8 Å². The Balaban J connectivity index is 1.51. The van der Waals surface area contributed by atoms with Crippen LogP contribution < -0.4 is 21.8 Å². The minimum absolute atomic E-state index is 0.115. The number of hydrogen-bond donors (Lipinski definition) is 6. The van der Waals surface area contributed by atoms with Crippen molar-refractivity contribution in [3.05, 3.63) is 65.2 Å². The van der Waals surface area contributed by atoms with Crippen LogP contribution in [0.2, 0.25) is 0 Å². The topological polar surface area (TPSA) is 174 Å². The Bertz CT molecular complexity index is 1210. The van der Waals surface area contributed by atoms with Gasteiger partial charge in [-0.15, -0.1) is 0 Å². The van der Waals surface area contributed by atoms with Crippen molar-refractivity contribution in [2.24, 2.45) is 11.7 Å². The Labute approximate surface area is 220 Å². The molecule has 3 rings (SSSR count). The molecule has 7 N–H and O–H groups in total. The van der Waals surface area contributed by atoms with Crippen molar-refractivity contribution >= 4 is 29.3 Å². The Morgan fingerprint density at radius 3 is 2.05 bits per heavy atom. The molecule has 4 amide bonds. The second kappa shape index (κ2) is 13.3. The molecular formula is C27H31N5O6. The van der Waals surface area contributed by atoms with Gasteiger partial charge in [0, 0.05) is 28.3 Å². The molecule has 11 nitrogen and oxygen atoms in total. The van der Waals surface area contributed by atoms with Crippen LogP contribution in [-0.4, -0.2) is 70.6 Å². The fourth-order valence-electron chi connectivity index (χ4n) is 3.96. The number of anilines is 1. The number of likely N-dealkylation sites (tertiary alicyclic amines) is 1. The molecular weight excluding hydrogens is 490 g/mol. The predicted molar refractivity (Wildman–Crippen MR) is 139 cm³/mol. The number of nitrogens with two attached hydrogens (primary N) is 1. The average molecular weight is 522 g/mol. The van der Waals surface area contributed by atoms with Gasteiger partial charge in [-0.25, -0.2) is 5.48 Å². The van der Waals surface area contributed by atoms with Crippen molar-refractivity contribution in [2.45, 2.75) is 31.9 Å². The van der Waals surface area contributed by atoms with Crippen LogP contribution in [0.15, 0.2) is 48.5 Å². The smallest absolute Gasteiger partial charge is 0.268 e. The summed E-state index contributed by atoms with van der Waals surface area (Å²) in [5, 5.41) is 23.6. The number of benzene rings is 2. The summed E-state index contributed by atoms with van der Waals surface area (Å²) in [5.74, 6) is 3.96. The first-order valence-electron chi connectivity index (χ1n) is 12.1. The molecule has 0 saturated carbocycles. The van der Waals surface area contributed by atoms with Crippen LogP contribution in [0.4, 0.5) is 5.69 Å². The van der Waals surface area contributed by atoms with Gasteiger partial charge in [0.15, 0.2) is 0 Å². The van der Waals surface area contributed by atoms with Gasteiger partial charge in [0.1, 0.15) is 6.04 Å². The van der Waals surface area contributed by atoms with E-state index in [0.29, 0.717) is 37.2 Å². The zero-order valence-corrected chi connectivity index (χ0v) is 20.9. The molecule has 2 aromatic rings. The maximum atomic E-state index is 12.4. The van der Waals surface area contributed by atoms with Crippen LogP contribution in [-0.2, 0) is 14.4 Å². The molecule has 2 aromatic carbocycles. The fourth-order valence-corrected chi connectivity index (χ4v) is 3.96. The average Bonchev–Trinajstić information content (AvgIpc) is 2.91. The lowest BCUT2D eigenvalue weighted by atomic mass is 9.96. The number of nitrogens with one attached hydrogen (secondary N) is 3. The lowest BCUT2D eigenvalue weighted by Gasteiger charge is -2.29. The number of carbonyl (C=O) groups excluding carboxylic acids is 4. The SMILES string of the molecule is C[C@@H](O)[C@H](NC(=O)c1ccc(C#Cc2ccc(NC(=O)CN3CCC(C(N)=O)CC3)cc2)cc1)C(=O)NO. The first-order chi connectivity index (χ1) is 18.2. The van der Waals surface area contributed by atoms with Crippen LogP contribution >= 0.6 is 0 Å². The summed E-state index contributed by atoms with van der Waals surface area (Å²) < 4.78 is 0. The first kappa shape index (κ1) is 28.3. The van der Waals surface area contributed by atoms with E-state index < -0.39 is 24.0 Å². The zero-order chi connectivity index (χ0) is 27.7. The second-order valence-corrected chi connectivity index (χ2v) is 9.07. The summed E-state index contributed by atoms with van der Waals surface area (Å²) in [7, 11) is 0. The van der Waals surface area contributed by atoms with Crippen molar-refractivity contribution in [3.63, 3.8) is 0 Å². The van der Waals surface area contributed by atoms with E-state index in [-0.39, 0.29) is 29.8 Å². The Morgan fingerprint density at radius 2 is 1.55 bits per heavy atom. The number of primary amides is 1. The molecule has 1 fully saturated rings. The minimum atomic E-state index is -1.31. The molecule has 0 aromatic heterocycles. The summed E-state index contributed by atoms with van der Waals surface area (Å²) >= 11 is 0. The minimum Gasteiger partial charge on any atom is -0.391 e. The summed E-state index contributed by atoms with van der Waals surface area (Å²) in [5.41, 5.74) is 9.04. The quantitative estimate of drug-likeness (QED) is 0.163. The summed E-state index contributed by atoms with van der Waals surface area (Å²) in [6, 6.07) is 12.1. The van der Waals surface area contributed by atoms with Gasteiger partial charge in [-0.1, -0.05) is 11.8 Å². The number of nitrogens with zero attached hydrogens (tertiary/aromatic N) is 1. The van der Waals surface area contributed by atoms with E-state index in [4.69, 9.17) is 10.9 Å². The maximum absolute atomic E-state index is 12.4. The van der Waals surface area contributed by atoms with Crippen molar-refractivity contribution < 1.29 is 29.5 Å². The molecule has 1 heterocycles. The van der Waals surface area contributed by atoms with Gasteiger partial charge < -0.3 is 21.5 Å². The van der Waals surface area contributed by atoms with Gasteiger partial charge in [-0.2, -0.15) is 0 Å². The van der Waals surface area contributed by atoms with Gasteiger partial charge >= 0.3 is 0 Å². The molecule has 0 unspecified atom stereocenters. The predicted octanol–water partition coefficient (Wildman–Crippen LogP) is 0.207. The highest BCUT2D eigenvalue weighted by molar-refractivity contribution is 5.97. The number of carbonyl (C=O) groups is 4. The fraction of sp³-hybridized carbons (Fsp3) is 0.333. The van der Waals surface area contributed by atoms with Crippen LogP contribution in [0.1, 0.15) is 41.3 Å². The highest BCUT2D eigenvalue weighted by atomic mass is 16.5. The monoisotopic (exact) mass is 521 g/mol. The standard InChI is InChI=1S/C27H31N5O6/c1-17(33)24(27(37)31-38)30-26(36)21-8-4-18(5-9-21)2-3-19-6-10-22(11-7-19)29-23(34)16-32-14-12-20(13-15-32)25(28)35/h4-11,17,20,24,33,38H,12-16H2,1H3,(H2,28,35)(H,29,34)(H,30,36)(H,31,37)/t17-,24+/m1/s1. The van der Waals surface area contributed by atoms with Gasteiger partial charge in [-0.3, -0.25) is 29.3 Å². The van der Waals surface area contributed by atoms with E-state index >= 15 is 0 Å². The van der Waals surface area contributed by atoms with E-state index in [1.165, 1.54) is 24.5 Å². The van der Waals surface area contributed by atoms with Crippen molar-refractivity contribution in [3.8, 4) is 11.8 Å². The van der Waals surface area contributed by atoms with Gasteiger partial charge in [0.05, 0.1) is 12.6 Å². The first-order valence-corrected chi connectivity index (χ1v) is 12.1. The molecule has 0 radical (unpaired) electrons. The van der Waals surface area contributed by atoms with E-state index in [0.717, 1.165) is 5.56 Å². The van der Waals surface area contributed by atoms with Gasteiger partial charge in [-0.05, 0) is 81.4 Å². The van der Waals surface area contributed by atoms with Crippen LogP contribution in [0.3, 0.4) is 0 Å². The van der Waals surface area contributed by atoms with E-state index in [1.54, 1.807) is 36.4 Å². The van der Waals surface area contributed by atoms with Gasteiger partial charge in [0.25, 0.3) is 11.8 Å². The molecule has 0 spiro atoms. The van der Waals surface area contributed by atoms with E-state index in [2.05, 4.69) is 22.5 Å². The number of amides is 4. The molecule has 0 bridgehead atoms. The number of piperidine rings is 1. The molecule has 11 heteroatoms. The third-order valence-electron chi connectivity index (χ3n) is 6.19. The van der Waals surface area contributed by atoms with Crippen LogP contribution in [0, 0.1) is 17.8 Å². The number of hydrogen-bond acceptors (Lipinski definition) is 7. The summed E-state index contributed by atoms with van der Waals surface area (Å²) in [4.78, 5) is 49.6. The van der Waals surface area contributed by atoms with E-state index in [9.17, 15) is 24.3 Å². The number of rotatable bonds is 8. The molecule has 1 saturated heterocycles. The Hall–Kier alpha value is -4.24. The summed E-state index contributed by atoms with van der Waals surface area (Å²) in [6.45, 7) is 2.88. The normalized spacial score (nSPS) is 15.3. The lowest BCUT2D eigenvalue weighted by Crippen LogP contribution is -2.51. The molecule has 1 aliphatic heterocycles.